The summed E-state index contributed by atoms with van der Waals surface area (Å²) in [6, 6.07) is 11.2. The number of benzene rings is 1. The Morgan fingerprint density at radius 3 is 2.55 bits per heavy atom. The minimum atomic E-state index is 0.122. The van der Waals surface area contributed by atoms with Gasteiger partial charge in [0, 0.05) is 18.6 Å². The van der Waals surface area contributed by atoms with Crippen LogP contribution in [0.3, 0.4) is 0 Å². The fraction of sp³-hybridized carbons (Fsp3) is 0.667. The second kappa shape index (κ2) is 7.24. The largest absolute Gasteiger partial charge is 0.323 e. The Bertz CT molecular complexity index is 388. The molecule has 0 radical (unpaired) electrons. The van der Waals surface area contributed by atoms with Crippen LogP contribution in [0.4, 0.5) is 0 Å². The van der Waals surface area contributed by atoms with Gasteiger partial charge in [-0.25, -0.2) is 0 Å². The first kappa shape index (κ1) is 15.5. The van der Waals surface area contributed by atoms with Gasteiger partial charge in [-0.3, -0.25) is 4.90 Å². The Balaban J connectivity index is 2.08. The quantitative estimate of drug-likeness (QED) is 0.854. The zero-order valence-corrected chi connectivity index (χ0v) is 13.3. The van der Waals surface area contributed by atoms with Crippen LogP contribution in [0.1, 0.15) is 51.6 Å². The maximum atomic E-state index is 6.60. The van der Waals surface area contributed by atoms with Crippen molar-refractivity contribution >= 4 is 0 Å². The lowest BCUT2D eigenvalue weighted by Gasteiger charge is -2.36. The Morgan fingerprint density at radius 2 is 1.95 bits per heavy atom. The van der Waals surface area contributed by atoms with Crippen molar-refractivity contribution in [2.45, 2.75) is 52.1 Å². The first-order valence-electron chi connectivity index (χ1n) is 8.18. The number of hydrogen-bond donors (Lipinski definition) is 1. The zero-order chi connectivity index (χ0) is 14.5. The zero-order valence-electron chi connectivity index (χ0n) is 13.3. The minimum absolute atomic E-state index is 0.122. The molecule has 1 heterocycles. The van der Waals surface area contributed by atoms with Gasteiger partial charge in [0.2, 0.25) is 0 Å². The number of rotatable bonds is 6. The van der Waals surface area contributed by atoms with E-state index in [-0.39, 0.29) is 6.04 Å². The van der Waals surface area contributed by atoms with Crippen LogP contribution < -0.4 is 5.73 Å². The smallest absolute Gasteiger partial charge is 0.0455 e. The molecule has 1 aromatic rings. The maximum absolute atomic E-state index is 6.60. The predicted molar refractivity (Wildman–Crippen MR) is 86.6 cm³/mol. The number of nitrogens with two attached hydrogens (primary N) is 1. The lowest BCUT2D eigenvalue weighted by atomic mass is 9.90. The van der Waals surface area contributed by atoms with Gasteiger partial charge in [-0.1, -0.05) is 57.5 Å². The topological polar surface area (TPSA) is 29.3 Å². The molecule has 0 saturated carbocycles. The molecule has 3 unspecified atom stereocenters. The fourth-order valence-corrected chi connectivity index (χ4v) is 3.71. The molecule has 0 amide bonds. The number of likely N-dealkylation sites (tertiary alicyclic amines) is 1. The summed E-state index contributed by atoms with van der Waals surface area (Å²) in [6.45, 7) is 9.35. The fourth-order valence-electron chi connectivity index (χ4n) is 3.71. The molecule has 2 rings (SSSR count). The average molecular weight is 274 g/mol. The molecule has 0 bridgehead atoms. The summed E-state index contributed by atoms with van der Waals surface area (Å²) >= 11 is 0. The third kappa shape index (κ3) is 3.62. The maximum Gasteiger partial charge on any atom is 0.0455 e. The molecule has 112 valence electrons. The molecular weight excluding hydrogens is 244 g/mol. The van der Waals surface area contributed by atoms with Crippen molar-refractivity contribution in [1.29, 1.82) is 0 Å². The summed E-state index contributed by atoms with van der Waals surface area (Å²) in [5, 5.41) is 0. The van der Waals surface area contributed by atoms with Crippen LogP contribution in [0.25, 0.3) is 0 Å². The number of nitrogens with zero attached hydrogens (tertiary/aromatic N) is 1. The molecule has 1 aliphatic rings. The predicted octanol–water partition coefficient (Wildman–Crippen LogP) is 3.83. The molecule has 1 aromatic carbocycles. The Labute approximate surface area is 124 Å². The van der Waals surface area contributed by atoms with E-state index in [0.717, 1.165) is 5.92 Å². The van der Waals surface area contributed by atoms with E-state index in [4.69, 9.17) is 5.73 Å². The first-order valence-corrected chi connectivity index (χ1v) is 8.18. The molecule has 3 atom stereocenters. The van der Waals surface area contributed by atoms with Gasteiger partial charge in [-0.2, -0.15) is 0 Å². The van der Waals surface area contributed by atoms with Gasteiger partial charge in [-0.05, 0) is 36.8 Å². The standard InChI is InChI=1S/C18H30N2/c1-4-8-15-11-12-20(13-15)18(14(2)3)17(19)16-9-6-5-7-10-16/h5-7,9-10,14-15,17-18H,4,8,11-13,19H2,1-3H3. The monoisotopic (exact) mass is 274 g/mol. The third-order valence-electron chi connectivity index (χ3n) is 4.67. The first-order chi connectivity index (χ1) is 9.63. The molecule has 0 spiro atoms. The van der Waals surface area contributed by atoms with E-state index in [1.165, 1.54) is 37.9 Å². The van der Waals surface area contributed by atoms with Crippen molar-refractivity contribution in [1.82, 2.24) is 4.90 Å². The van der Waals surface area contributed by atoms with E-state index in [1.807, 2.05) is 0 Å². The molecule has 2 heteroatoms. The SMILES string of the molecule is CCCC1CCN(C(C(C)C)C(N)c2ccccc2)C1. The van der Waals surface area contributed by atoms with Crippen LogP contribution >= 0.6 is 0 Å². The molecule has 2 nitrogen and oxygen atoms in total. The van der Waals surface area contributed by atoms with Crippen molar-refractivity contribution in [3.63, 3.8) is 0 Å². The van der Waals surface area contributed by atoms with Crippen LogP contribution in [-0.4, -0.2) is 24.0 Å². The summed E-state index contributed by atoms with van der Waals surface area (Å²) in [6.07, 6.45) is 4.01. The second-order valence-electron chi connectivity index (χ2n) is 6.61. The molecule has 0 aliphatic carbocycles. The molecule has 20 heavy (non-hydrogen) atoms. The van der Waals surface area contributed by atoms with Gasteiger partial charge in [0.05, 0.1) is 0 Å². The van der Waals surface area contributed by atoms with Crippen molar-refractivity contribution in [2.24, 2.45) is 17.6 Å². The van der Waals surface area contributed by atoms with Gasteiger partial charge >= 0.3 is 0 Å². The van der Waals surface area contributed by atoms with Gasteiger partial charge in [-0.15, -0.1) is 0 Å². The van der Waals surface area contributed by atoms with Crippen molar-refractivity contribution < 1.29 is 0 Å². The summed E-state index contributed by atoms with van der Waals surface area (Å²) < 4.78 is 0. The van der Waals surface area contributed by atoms with Gasteiger partial charge in [0.25, 0.3) is 0 Å². The third-order valence-corrected chi connectivity index (χ3v) is 4.67. The molecule has 1 saturated heterocycles. The highest BCUT2D eigenvalue weighted by atomic mass is 15.2. The van der Waals surface area contributed by atoms with Crippen LogP contribution in [0, 0.1) is 11.8 Å². The highest BCUT2D eigenvalue weighted by molar-refractivity contribution is 5.20. The number of hydrogen-bond acceptors (Lipinski definition) is 2. The Hall–Kier alpha value is -0.860. The van der Waals surface area contributed by atoms with E-state index in [0.29, 0.717) is 12.0 Å². The lowest BCUT2D eigenvalue weighted by Crippen LogP contribution is -2.45. The second-order valence-corrected chi connectivity index (χ2v) is 6.61. The van der Waals surface area contributed by atoms with Crippen LogP contribution in [0.5, 0.6) is 0 Å². The van der Waals surface area contributed by atoms with Crippen molar-refractivity contribution in [2.75, 3.05) is 13.1 Å². The molecule has 0 aromatic heterocycles. The van der Waals surface area contributed by atoms with E-state index in [2.05, 4.69) is 56.0 Å². The molecule has 1 fully saturated rings. The molecule has 1 aliphatic heterocycles. The van der Waals surface area contributed by atoms with E-state index >= 15 is 0 Å². The van der Waals surface area contributed by atoms with Gasteiger partial charge in [0.15, 0.2) is 0 Å². The van der Waals surface area contributed by atoms with Gasteiger partial charge < -0.3 is 5.73 Å². The summed E-state index contributed by atoms with van der Waals surface area (Å²) in [5.74, 6) is 1.47. The highest BCUT2D eigenvalue weighted by Gasteiger charge is 2.33. The van der Waals surface area contributed by atoms with Gasteiger partial charge in [0.1, 0.15) is 0 Å². The van der Waals surface area contributed by atoms with Crippen molar-refractivity contribution in [3.8, 4) is 0 Å². The van der Waals surface area contributed by atoms with Crippen LogP contribution in [0.2, 0.25) is 0 Å². The van der Waals surface area contributed by atoms with Crippen molar-refractivity contribution in [3.05, 3.63) is 35.9 Å². The summed E-state index contributed by atoms with van der Waals surface area (Å²) in [7, 11) is 0. The molecular formula is C18H30N2. The van der Waals surface area contributed by atoms with Crippen LogP contribution in [0.15, 0.2) is 30.3 Å². The Kier molecular flexibility index (Phi) is 5.62. The van der Waals surface area contributed by atoms with Crippen LogP contribution in [-0.2, 0) is 0 Å². The average Bonchev–Trinajstić information content (AvgIpc) is 2.88. The van der Waals surface area contributed by atoms with E-state index < -0.39 is 0 Å². The minimum Gasteiger partial charge on any atom is -0.323 e. The summed E-state index contributed by atoms with van der Waals surface area (Å²) in [5.41, 5.74) is 7.87. The van der Waals surface area contributed by atoms with E-state index in [1.54, 1.807) is 0 Å². The van der Waals surface area contributed by atoms with E-state index in [9.17, 15) is 0 Å². The lowest BCUT2D eigenvalue weighted by molar-refractivity contribution is 0.156. The highest BCUT2D eigenvalue weighted by Crippen LogP contribution is 2.30. The Morgan fingerprint density at radius 1 is 1.25 bits per heavy atom. The molecule has 2 N–H and O–H groups in total. The normalized spacial score (nSPS) is 23.1. The summed E-state index contributed by atoms with van der Waals surface area (Å²) in [4.78, 5) is 2.64.